The van der Waals surface area contributed by atoms with E-state index < -0.39 is 15.9 Å². The Hall–Kier alpha value is -4.47. The van der Waals surface area contributed by atoms with Crippen LogP contribution >= 0.6 is 0 Å². The van der Waals surface area contributed by atoms with Crippen LogP contribution in [0.5, 0.6) is 5.75 Å². The predicted octanol–water partition coefficient (Wildman–Crippen LogP) is 5.47. The largest absolute Gasteiger partial charge is 0.497 e. The summed E-state index contributed by atoms with van der Waals surface area (Å²) < 4.78 is 34.5. The van der Waals surface area contributed by atoms with Crippen molar-refractivity contribution in [3.8, 4) is 5.75 Å². The number of methoxy groups -OCH3 is 1. The van der Waals surface area contributed by atoms with Crippen LogP contribution in [0.25, 0.3) is 0 Å². The highest BCUT2D eigenvalue weighted by Crippen LogP contribution is 2.30. The Bertz CT molecular complexity index is 1620. The van der Waals surface area contributed by atoms with Crippen molar-refractivity contribution in [2.24, 2.45) is 5.10 Å². The molecule has 4 aromatic rings. The SMILES string of the molecule is COc1ccc(S(=O)(=O)N(Cc2ccccc2)c2ccccc2C(=O)NN=C2CCN(Cc3ccccc3)CC2)cc1. The summed E-state index contributed by atoms with van der Waals surface area (Å²) in [7, 11) is -2.52. The van der Waals surface area contributed by atoms with Gasteiger partial charge in [-0.15, -0.1) is 0 Å². The van der Waals surface area contributed by atoms with E-state index in [4.69, 9.17) is 4.74 Å². The normalized spacial score (nSPS) is 13.8. The Morgan fingerprint density at radius 2 is 1.43 bits per heavy atom. The molecular formula is C33H34N4O4S. The van der Waals surface area contributed by atoms with Crippen LogP contribution in [-0.4, -0.2) is 45.1 Å². The van der Waals surface area contributed by atoms with Crippen LogP contribution in [-0.2, 0) is 23.1 Å². The van der Waals surface area contributed by atoms with Crippen LogP contribution in [0.2, 0.25) is 0 Å². The number of ether oxygens (including phenoxy) is 1. The summed E-state index contributed by atoms with van der Waals surface area (Å²) in [5.74, 6) is 0.0844. The molecule has 0 bridgehead atoms. The van der Waals surface area contributed by atoms with Crippen LogP contribution in [0.1, 0.15) is 34.3 Å². The summed E-state index contributed by atoms with van der Waals surface area (Å²) in [6.45, 7) is 2.63. The number of hydrogen-bond donors (Lipinski definition) is 1. The van der Waals surface area contributed by atoms with E-state index in [1.807, 2.05) is 48.5 Å². The molecule has 0 unspecified atom stereocenters. The van der Waals surface area contributed by atoms with E-state index in [1.165, 1.54) is 29.1 Å². The molecule has 1 aliphatic rings. The molecule has 0 saturated carbocycles. The van der Waals surface area contributed by atoms with Crippen LogP contribution in [0.3, 0.4) is 0 Å². The molecule has 42 heavy (non-hydrogen) atoms. The lowest BCUT2D eigenvalue weighted by Gasteiger charge is -2.28. The number of sulfonamides is 1. The van der Waals surface area contributed by atoms with Crippen molar-refractivity contribution in [1.82, 2.24) is 10.3 Å². The van der Waals surface area contributed by atoms with E-state index in [0.29, 0.717) is 5.75 Å². The number of nitrogens with zero attached hydrogens (tertiary/aromatic N) is 3. The molecule has 1 N–H and O–H groups in total. The molecule has 216 valence electrons. The molecule has 8 nitrogen and oxygen atoms in total. The number of hydrogen-bond acceptors (Lipinski definition) is 6. The molecule has 0 radical (unpaired) electrons. The third-order valence-corrected chi connectivity index (χ3v) is 9.01. The molecule has 0 aromatic heterocycles. The smallest absolute Gasteiger partial charge is 0.273 e. The Kier molecular flexibility index (Phi) is 9.31. The Labute approximate surface area is 247 Å². The number of para-hydroxylation sites is 1. The molecule has 1 heterocycles. The van der Waals surface area contributed by atoms with Gasteiger partial charge < -0.3 is 4.74 Å². The molecule has 0 spiro atoms. The van der Waals surface area contributed by atoms with Crippen LogP contribution in [0, 0.1) is 0 Å². The quantitative estimate of drug-likeness (QED) is 0.250. The molecule has 4 aromatic carbocycles. The van der Waals surface area contributed by atoms with Gasteiger partial charge in [-0.25, -0.2) is 13.8 Å². The van der Waals surface area contributed by atoms with Crippen molar-refractivity contribution in [3.05, 3.63) is 126 Å². The van der Waals surface area contributed by atoms with Crippen molar-refractivity contribution in [2.45, 2.75) is 30.8 Å². The minimum atomic E-state index is -4.04. The van der Waals surface area contributed by atoms with Crippen molar-refractivity contribution in [2.75, 3.05) is 24.5 Å². The van der Waals surface area contributed by atoms with Gasteiger partial charge in [0.05, 0.1) is 29.8 Å². The lowest BCUT2D eigenvalue weighted by Crippen LogP contribution is -2.35. The first-order valence-corrected chi connectivity index (χ1v) is 15.3. The fourth-order valence-corrected chi connectivity index (χ4v) is 6.39. The number of nitrogens with one attached hydrogen (secondary N) is 1. The van der Waals surface area contributed by atoms with Gasteiger partial charge in [0.1, 0.15) is 5.75 Å². The fourth-order valence-electron chi connectivity index (χ4n) is 4.92. The van der Waals surface area contributed by atoms with Crippen molar-refractivity contribution < 1.29 is 17.9 Å². The maximum Gasteiger partial charge on any atom is 0.273 e. The Morgan fingerprint density at radius 1 is 0.833 bits per heavy atom. The van der Waals surface area contributed by atoms with Gasteiger partial charge in [0, 0.05) is 38.2 Å². The number of anilines is 1. The first kappa shape index (κ1) is 29.0. The Morgan fingerprint density at radius 3 is 2.07 bits per heavy atom. The van der Waals surface area contributed by atoms with E-state index in [-0.39, 0.29) is 22.7 Å². The summed E-state index contributed by atoms with van der Waals surface area (Å²) in [4.78, 5) is 15.9. The van der Waals surface area contributed by atoms with E-state index in [0.717, 1.165) is 43.8 Å². The number of piperidine rings is 1. The third-order valence-electron chi connectivity index (χ3n) is 7.23. The zero-order chi connectivity index (χ0) is 29.4. The van der Waals surface area contributed by atoms with Gasteiger partial charge in [-0.2, -0.15) is 5.10 Å². The number of hydrazone groups is 1. The van der Waals surface area contributed by atoms with E-state index in [9.17, 15) is 13.2 Å². The number of carbonyl (C=O) groups excluding carboxylic acids is 1. The minimum Gasteiger partial charge on any atom is -0.497 e. The van der Waals surface area contributed by atoms with Gasteiger partial charge in [0.25, 0.3) is 15.9 Å². The first-order chi connectivity index (χ1) is 20.4. The molecule has 1 aliphatic heterocycles. The molecule has 9 heteroatoms. The highest BCUT2D eigenvalue weighted by atomic mass is 32.2. The third kappa shape index (κ3) is 7.05. The second-order valence-electron chi connectivity index (χ2n) is 10.1. The van der Waals surface area contributed by atoms with Crippen molar-refractivity contribution in [3.63, 3.8) is 0 Å². The van der Waals surface area contributed by atoms with Crippen LogP contribution in [0.4, 0.5) is 5.69 Å². The first-order valence-electron chi connectivity index (χ1n) is 13.9. The average molecular weight is 583 g/mol. The maximum atomic E-state index is 14.0. The van der Waals surface area contributed by atoms with Gasteiger partial charge in [-0.3, -0.25) is 14.0 Å². The Balaban J connectivity index is 1.36. The minimum absolute atomic E-state index is 0.0469. The number of rotatable bonds is 10. The molecule has 0 atom stereocenters. The lowest BCUT2D eigenvalue weighted by atomic mass is 10.1. The summed E-state index contributed by atoms with van der Waals surface area (Å²) in [5.41, 5.74) is 6.15. The number of amides is 1. The zero-order valence-electron chi connectivity index (χ0n) is 23.5. The van der Waals surface area contributed by atoms with Gasteiger partial charge >= 0.3 is 0 Å². The van der Waals surface area contributed by atoms with Gasteiger partial charge in [0.2, 0.25) is 0 Å². The molecule has 1 saturated heterocycles. The summed E-state index contributed by atoms with van der Waals surface area (Å²) in [6, 6.07) is 32.6. The lowest BCUT2D eigenvalue weighted by molar-refractivity contribution is 0.0955. The second-order valence-corrected chi connectivity index (χ2v) is 11.9. The van der Waals surface area contributed by atoms with Gasteiger partial charge in [-0.05, 0) is 47.5 Å². The highest BCUT2D eigenvalue weighted by molar-refractivity contribution is 7.92. The standard InChI is InChI=1S/C33H34N4O4S/c1-41-29-16-18-30(19-17-29)42(39,40)37(25-27-12-6-3-7-13-27)32-15-9-8-14-31(32)33(38)35-34-28-20-22-36(23-21-28)24-26-10-4-2-5-11-26/h2-19H,20-25H2,1H3,(H,35,38). The van der Waals surface area contributed by atoms with Crippen molar-refractivity contribution >= 4 is 27.3 Å². The van der Waals surface area contributed by atoms with E-state index in [2.05, 4.69) is 27.6 Å². The molecule has 0 aliphatic carbocycles. The summed E-state index contributed by atoms with van der Waals surface area (Å²) in [6.07, 6.45) is 1.50. The number of benzene rings is 4. The topological polar surface area (TPSA) is 91.3 Å². The summed E-state index contributed by atoms with van der Waals surface area (Å²) in [5, 5.41) is 4.43. The van der Waals surface area contributed by atoms with Crippen molar-refractivity contribution in [1.29, 1.82) is 0 Å². The van der Waals surface area contributed by atoms with Crippen LogP contribution < -0.4 is 14.5 Å². The van der Waals surface area contributed by atoms with E-state index >= 15 is 0 Å². The monoisotopic (exact) mass is 582 g/mol. The van der Waals surface area contributed by atoms with E-state index in [1.54, 1.807) is 36.4 Å². The van der Waals surface area contributed by atoms with Gasteiger partial charge in [-0.1, -0.05) is 72.8 Å². The second kappa shape index (κ2) is 13.5. The number of carbonyl (C=O) groups is 1. The zero-order valence-corrected chi connectivity index (χ0v) is 24.3. The molecule has 1 fully saturated rings. The predicted molar refractivity (Wildman–Crippen MR) is 165 cm³/mol. The average Bonchev–Trinajstić information content (AvgIpc) is 3.04. The van der Waals surface area contributed by atoms with Gasteiger partial charge in [0.15, 0.2) is 0 Å². The molecule has 1 amide bonds. The van der Waals surface area contributed by atoms with Crippen LogP contribution in [0.15, 0.2) is 119 Å². The fraction of sp³-hybridized carbons (Fsp3) is 0.212. The number of likely N-dealkylation sites (tertiary alicyclic amines) is 1. The molecule has 5 rings (SSSR count). The summed E-state index contributed by atoms with van der Waals surface area (Å²) >= 11 is 0. The maximum absolute atomic E-state index is 14.0. The highest BCUT2D eigenvalue weighted by Gasteiger charge is 2.29. The molecular weight excluding hydrogens is 548 g/mol.